The second-order valence-corrected chi connectivity index (χ2v) is 9.28. The highest BCUT2D eigenvalue weighted by Gasteiger charge is 2.35. The van der Waals surface area contributed by atoms with E-state index in [1.54, 1.807) is 37.4 Å². The molecule has 1 fully saturated rings. The molecule has 11 heteroatoms. The van der Waals surface area contributed by atoms with Crippen LogP contribution in [-0.4, -0.2) is 36.3 Å². The predicted molar refractivity (Wildman–Crippen MR) is 120 cm³/mol. The first kappa shape index (κ1) is 24.7. The van der Waals surface area contributed by atoms with E-state index in [0.29, 0.717) is 12.8 Å². The second kappa shape index (κ2) is 11.3. The van der Waals surface area contributed by atoms with Gasteiger partial charge < -0.3 is 18.5 Å². The Hall–Kier alpha value is -2.94. The molecule has 3 rings (SSSR count). The molecule has 178 valence electrons. The van der Waals surface area contributed by atoms with Crippen molar-refractivity contribution in [3.63, 3.8) is 0 Å². The largest absolute Gasteiger partial charge is 0.513 e. The average molecular weight is 478 g/mol. The fourth-order valence-electron chi connectivity index (χ4n) is 3.40. The summed E-state index contributed by atoms with van der Waals surface area (Å²) in [5.41, 5.74) is -0.144. The number of nitro groups is 1. The quantitative estimate of drug-likeness (QED) is 0.225. The number of methoxy groups -OCH3 is 1. The van der Waals surface area contributed by atoms with Gasteiger partial charge in [0, 0.05) is 19.2 Å². The number of carbonyl (C=O) groups excluding carboxylic acids is 1. The maximum absolute atomic E-state index is 13.5. The van der Waals surface area contributed by atoms with Crippen molar-refractivity contribution in [2.24, 2.45) is 0 Å². The van der Waals surface area contributed by atoms with E-state index < -0.39 is 24.7 Å². The highest BCUT2D eigenvalue weighted by Crippen LogP contribution is 2.45. The summed E-state index contributed by atoms with van der Waals surface area (Å²) in [6.45, 7) is 1.50. The van der Waals surface area contributed by atoms with E-state index in [0.717, 1.165) is 12.8 Å². The van der Waals surface area contributed by atoms with Gasteiger partial charge in [-0.05, 0) is 56.9 Å². The molecule has 2 unspecified atom stereocenters. The molecule has 1 N–H and O–H groups in total. The molecule has 2 aromatic carbocycles. The summed E-state index contributed by atoms with van der Waals surface area (Å²) in [4.78, 5) is 23.0. The molecule has 0 amide bonds. The highest BCUT2D eigenvalue weighted by molar-refractivity contribution is 7.52. The Bertz CT molecular complexity index is 978. The summed E-state index contributed by atoms with van der Waals surface area (Å²) in [7, 11) is -2.46. The highest BCUT2D eigenvalue weighted by atomic mass is 31.2. The van der Waals surface area contributed by atoms with E-state index in [-0.39, 0.29) is 29.4 Å². The number of hydrogen-bond acceptors (Lipinski definition) is 8. The fourth-order valence-corrected chi connectivity index (χ4v) is 4.92. The van der Waals surface area contributed by atoms with Gasteiger partial charge in [0.2, 0.25) is 0 Å². The standard InChI is InChI=1S/C22H27N2O8P/c1-16(22(25)30-19-14-12-18(29-2)13-15-19)23-33(28,31-20-6-4-3-5-7-20)32-21-10-8-17(9-11-21)24(26)27/h3-11,16,18-19H,12-15H2,1-2H3,(H,23,28). The van der Waals surface area contributed by atoms with Crippen LogP contribution in [-0.2, 0) is 18.8 Å². The maximum atomic E-state index is 13.5. The zero-order chi connectivity index (χ0) is 23.8. The van der Waals surface area contributed by atoms with Crippen LogP contribution in [0.2, 0.25) is 0 Å². The van der Waals surface area contributed by atoms with Crippen molar-refractivity contribution in [2.45, 2.75) is 50.9 Å². The van der Waals surface area contributed by atoms with Crippen molar-refractivity contribution in [2.75, 3.05) is 7.11 Å². The molecule has 33 heavy (non-hydrogen) atoms. The third-order valence-corrected chi connectivity index (χ3v) is 6.79. The Kier molecular flexibility index (Phi) is 8.43. The lowest BCUT2D eigenvalue weighted by atomic mass is 9.95. The van der Waals surface area contributed by atoms with Crippen LogP contribution in [0, 0.1) is 10.1 Å². The van der Waals surface area contributed by atoms with Crippen molar-refractivity contribution in [1.29, 1.82) is 0 Å². The van der Waals surface area contributed by atoms with Crippen LogP contribution in [0.25, 0.3) is 0 Å². The number of benzene rings is 2. The molecule has 2 atom stereocenters. The first-order valence-corrected chi connectivity index (χ1v) is 12.1. The Balaban J connectivity index is 1.69. The van der Waals surface area contributed by atoms with Gasteiger partial charge in [-0.15, -0.1) is 0 Å². The zero-order valence-corrected chi connectivity index (χ0v) is 19.3. The summed E-state index contributed by atoms with van der Waals surface area (Å²) in [5.74, 6) is -0.250. The summed E-state index contributed by atoms with van der Waals surface area (Å²) < 4.78 is 35.6. The average Bonchev–Trinajstić information content (AvgIpc) is 2.80. The molecule has 0 spiro atoms. The van der Waals surface area contributed by atoms with Gasteiger partial charge in [-0.1, -0.05) is 18.2 Å². The van der Waals surface area contributed by atoms with Crippen molar-refractivity contribution in [3.8, 4) is 11.5 Å². The molecular weight excluding hydrogens is 451 g/mol. The van der Waals surface area contributed by atoms with Gasteiger partial charge in [0.25, 0.3) is 5.69 Å². The van der Waals surface area contributed by atoms with Crippen LogP contribution in [0.15, 0.2) is 54.6 Å². The lowest BCUT2D eigenvalue weighted by molar-refractivity contribution is -0.384. The first-order valence-electron chi connectivity index (χ1n) is 10.6. The lowest BCUT2D eigenvalue weighted by Crippen LogP contribution is -2.38. The first-order chi connectivity index (χ1) is 15.8. The Morgan fingerprint density at radius 3 is 2.09 bits per heavy atom. The zero-order valence-electron chi connectivity index (χ0n) is 18.4. The number of nitrogens with one attached hydrogen (secondary N) is 1. The monoisotopic (exact) mass is 478 g/mol. The van der Waals surface area contributed by atoms with Crippen molar-refractivity contribution >= 4 is 19.4 Å². The van der Waals surface area contributed by atoms with Crippen LogP contribution >= 0.6 is 7.75 Å². The number of hydrogen-bond donors (Lipinski definition) is 1. The minimum absolute atomic E-state index is 0.0748. The SMILES string of the molecule is COC1CCC(OC(=O)C(C)NP(=O)(Oc2ccccc2)Oc2ccc([N+](=O)[O-])cc2)CC1. The summed E-state index contributed by atoms with van der Waals surface area (Å²) in [6.07, 6.45) is 2.91. The van der Waals surface area contributed by atoms with Crippen LogP contribution in [0.1, 0.15) is 32.6 Å². The summed E-state index contributed by atoms with van der Waals surface area (Å²) in [5, 5.41) is 13.5. The third-order valence-electron chi connectivity index (χ3n) is 5.18. The number of para-hydroxylation sites is 1. The van der Waals surface area contributed by atoms with E-state index >= 15 is 0 Å². The third kappa shape index (κ3) is 7.28. The topological polar surface area (TPSA) is 126 Å². The van der Waals surface area contributed by atoms with Crippen LogP contribution < -0.4 is 14.1 Å². The van der Waals surface area contributed by atoms with Crippen molar-refractivity contribution in [3.05, 3.63) is 64.7 Å². The maximum Gasteiger partial charge on any atom is 0.513 e. The van der Waals surface area contributed by atoms with Crippen LogP contribution in [0.4, 0.5) is 5.69 Å². The number of ether oxygens (including phenoxy) is 2. The minimum atomic E-state index is -4.12. The molecule has 0 radical (unpaired) electrons. The minimum Gasteiger partial charge on any atom is -0.461 e. The smallest absolute Gasteiger partial charge is 0.461 e. The number of rotatable bonds is 10. The molecule has 1 aliphatic carbocycles. The van der Waals surface area contributed by atoms with E-state index in [9.17, 15) is 19.5 Å². The molecule has 0 bridgehead atoms. The molecular formula is C22H27N2O8P. The van der Waals surface area contributed by atoms with E-state index in [1.807, 2.05) is 0 Å². The van der Waals surface area contributed by atoms with Gasteiger partial charge in [-0.3, -0.25) is 14.9 Å². The number of non-ortho nitro benzene ring substituents is 1. The second-order valence-electron chi connectivity index (χ2n) is 7.67. The molecule has 0 aliphatic heterocycles. The number of nitro benzene ring substituents is 1. The normalized spacial score (nSPS) is 20.8. The van der Waals surface area contributed by atoms with Gasteiger partial charge in [0.15, 0.2) is 0 Å². The number of esters is 1. The molecule has 0 heterocycles. The van der Waals surface area contributed by atoms with E-state index in [2.05, 4.69) is 5.09 Å². The molecule has 2 aromatic rings. The van der Waals surface area contributed by atoms with Gasteiger partial charge in [0.1, 0.15) is 23.6 Å². The summed E-state index contributed by atoms with van der Waals surface area (Å²) >= 11 is 0. The predicted octanol–water partition coefficient (Wildman–Crippen LogP) is 4.64. The van der Waals surface area contributed by atoms with E-state index in [4.69, 9.17) is 18.5 Å². The molecule has 1 saturated carbocycles. The van der Waals surface area contributed by atoms with Crippen molar-refractivity contribution in [1.82, 2.24) is 5.09 Å². The van der Waals surface area contributed by atoms with Gasteiger partial charge in [-0.25, -0.2) is 4.57 Å². The number of carbonyl (C=O) groups is 1. The molecule has 1 aliphatic rings. The van der Waals surface area contributed by atoms with Crippen molar-refractivity contribution < 1.29 is 32.8 Å². The van der Waals surface area contributed by atoms with Crippen LogP contribution in [0.3, 0.4) is 0 Å². The molecule has 0 saturated heterocycles. The lowest BCUT2D eigenvalue weighted by Gasteiger charge is -2.29. The fraction of sp³-hybridized carbons (Fsp3) is 0.409. The molecule has 0 aromatic heterocycles. The Morgan fingerprint density at radius 1 is 1.00 bits per heavy atom. The van der Waals surface area contributed by atoms with Crippen LogP contribution in [0.5, 0.6) is 11.5 Å². The molecule has 10 nitrogen and oxygen atoms in total. The Labute approximate surface area is 191 Å². The van der Waals surface area contributed by atoms with E-state index in [1.165, 1.54) is 31.2 Å². The number of nitrogens with zero attached hydrogens (tertiary/aromatic N) is 1. The van der Waals surface area contributed by atoms with Gasteiger partial charge in [0.05, 0.1) is 11.0 Å². The van der Waals surface area contributed by atoms with Gasteiger partial charge >= 0.3 is 13.7 Å². The Morgan fingerprint density at radius 2 is 1.55 bits per heavy atom. The van der Waals surface area contributed by atoms with Gasteiger partial charge in [-0.2, -0.15) is 5.09 Å². The summed E-state index contributed by atoms with van der Waals surface area (Å²) in [6, 6.07) is 12.4.